The summed E-state index contributed by atoms with van der Waals surface area (Å²) >= 11 is 1.64. The molecule has 7 heteroatoms. The van der Waals surface area contributed by atoms with Gasteiger partial charge in [-0.05, 0) is 17.7 Å². The quantitative estimate of drug-likeness (QED) is 0.748. The number of methoxy groups -OCH3 is 3. The topological polar surface area (TPSA) is 52.4 Å². The fourth-order valence-corrected chi connectivity index (χ4v) is 4.02. The van der Waals surface area contributed by atoms with Gasteiger partial charge in [0.25, 0.3) is 0 Å². The summed E-state index contributed by atoms with van der Waals surface area (Å²) in [6.45, 7) is 1.80. The number of ether oxygens (including phenoxy) is 3. The lowest BCUT2D eigenvalue weighted by atomic mass is 10.1. The molecule has 0 aromatic heterocycles. The second-order valence-corrected chi connectivity index (χ2v) is 7.09. The van der Waals surface area contributed by atoms with Gasteiger partial charge in [-0.25, -0.2) is 0 Å². The van der Waals surface area contributed by atoms with Crippen LogP contribution in [-0.4, -0.2) is 65.1 Å². The first kappa shape index (κ1) is 18.7. The normalized spacial score (nSPS) is 17.5. The van der Waals surface area contributed by atoms with Gasteiger partial charge in [-0.3, -0.25) is 4.79 Å². The van der Waals surface area contributed by atoms with Crippen molar-refractivity contribution in [2.75, 3.05) is 54.3 Å². The van der Waals surface area contributed by atoms with Gasteiger partial charge in [0.15, 0.2) is 11.5 Å². The van der Waals surface area contributed by atoms with Crippen molar-refractivity contribution in [3.63, 3.8) is 0 Å². The van der Waals surface area contributed by atoms with Crippen molar-refractivity contribution in [2.24, 2.45) is 0 Å². The number of thioether (sulfide) groups is 1. The largest absolute Gasteiger partial charge is 0.493 e. The summed E-state index contributed by atoms with van der Waals surface area (Å²) < 4.78 is 16.2. The lowest BCUT2D eigenvalue weighted by Gasteiger charge is -2.25. The molecule has 0 unspecified atom stereocenters. The van der Waals surface area contributed by atoms with Crippen molar-refractivity contribution in [1.29, 1.82) is 0 Å². The fourth-order valence-electron chi connectivity index (χ4n) is 2.82. The first-order valence-corrected chi connectivity index (χ1v) is 9.06. The molecule has 1 saturated heterocycles. The zero-order valence-electron chi connectivity index (χ0n) is 15.0. The first-order valence-electron chi connectivity index (χ1n) is 8.01. The van der Waals surface area contributed by atoms with Gasteiger partial charge < -0.3 is 24.0 Å². The summed E-state index contributed by atoms with van der Waals surface area (Å²) in [6.07, 6.45) is 0.982. The Morgan fingerprint density at radius 1 is 1.17 bits per heavy atom. The van der Waals surface area contributed by atoms with E-state index in [1.54, 1.807) is 33.1 Å². The third-order valence-corrected chi connectivity index (χ3v) is 5.27. The zero-order chi connectivity index (χ0) is 17.7. The number of rotatable bonds is 8. The number of nitrogens with one attached hydrogen (secondary N) is 1. The van der Waals surface area contributed by atoms with Crippen LogP contribution < -0.4 is 19.1 Å². The van der Waals surface area contributed by atoms with E-state index in [1.165, 1.54) is 4.90 Å². The molecule has 1 aliphatic rings. The molecule has 1 aromatic rings. The predicted octanol–water partition coefficient (Wildman–Crippen LogP) is 0.821. The Kier molecular flexibility index (Phi) is 6.62. The van der Waals surface area contributed by atoms with E-state index in [0.29, 0.717) is 23.0 Å². The summed E-state index contributed by atoms with van der Waals surface area (Å²) in [4.78, 5) is 15.6. The molecule has 1 aromatic carbocycles. The third-order valence-electron chi connectivity index (χ3n) is 4.02. The molecule has 1 amide bonds. The molecule has 0 aliphatic carbocycles. The minimum Gasteiger partial charge on any atom is -0.493 e. The van der Waals surface area contributed by atoms with Crippen molar-refractivity contribution in [2.45, 2.75) is 11.8 Å². The van der Waals surface area contributed by atoms with E-state index >= 15 is 0 Å². The molecule has 1 atom stereocenters. The molecule has 0 radical (unpaired) electrons. The molecule has 134 valence electrons. The summed E-state index contributed by atoms with van der Waals surface area (Å²) in [5.41, 5.74) is 0.998. The van der Waals surface area contributed by atoms with Crippen LogP contribution in [0.5, 0.6) is 17.2 Å². The molecule has 1 aliphatic heterocycles. The molecular formula is C17H27N2O4S+. The maximum atomic E-state index is 12.3. The van der Waals surface area contributed by atoms with E-state index in [-0.39, 0.29) is 11.3 Å². The standard InChI is InChI=1S/C17H26N2O4S/c1-18(2)7-6-8-19-15(20)11-24-17(19)12-9-13(21-3)16(23-5)14(10-12)22-4/h9-10,17H,6-8,11H2,1-5H3/p+1/t17-/m1/s1. The Bertz CT molecular complexity index is 555. The molecule has 0 spiro atoms. The van der Waals surface area contributed by atoms with Crippen molar-refractivity contribution in [1.82, 2.24) is 4.90 Å². The van der Waals surface area contributed by atoms with Crippen LogP contribution in [0, 0.1) is 0 Å². The molecule has 24 heavy (non-hydrogen) atoms. The zero-order valence-corrected chi connectivity index (χ0v) is 15.9. The van der Waals surface area contributed by atoms with E-state index in [4.69, 9.17) is 14.2 Å². The van der Waals surface area contributed by atoms with Gasteiger partial charge in [-0.1, -0.05) is 0 Å². The highest BCUT2D eigenvalue weighted by atomic mass is 32.2. The second kappa shape index (κ2) is 8.48. The van der Waals surface area contributed by atoms with Crippen LogP contribution in [0.1, 0.15) is 17.4 Å². The van der Waals surface area contributed by atoms with Gasteiger partial charge in [0, 0.05) is 13.0 Å². The molecule has 0 saturated carbocycles. The van der Waals surface area contributed by atoms with Crippen LogP contribution in [0.2, 0.25) is 0 Å². The predicted molar refractivity (Wildman–Crippen MR) is 95.3 cm³/mol. The molecule has 6 nitrogen and oxygen atoms in total. The maximum Gasteiger partial charge on any atom is 0.233 e. The second-order valence-electron chi connectivity index (χ2n) is 6.02. The molecule has 2 rings (SSSR count). The number of hydrogen-bond donors (Lipinski definition) is 1. The summed E-state index contributed by atoms with van der Waals surface area (Å²) in [5, 5.41) is -0.0108. The van der Waals surface area contributed by atoms with Crippen molar-refractivity contribution >= 4 is 17.7 Å². The number of amides is 1. The van der Waals surface area contributed by atoms with Crippen LogP contribution in [0.25, 0.3) is 0 Å². The molecule has 0 bridgehead atoms. The number of carbonyl (C=O) groups is 1. The summed E-state index contributed by atoms with van der Waals surface area (Å²) in [5.74, 6) is 2.50. The highest BCUT2D eigenvalue weighted by Gasteiger charge is 2.33. The van der Waals surface area contributed by atoms with Gasteiger partial charge in [-0.2, -0.15) is 0 Å². The number of nitrogens with zero attached hydrogens (tertiary/aromatic N) is 1. The molecular weight excluding hydrogens is 328 g/mol. The Morgan fingerprint density at radius 3 is 2.29 bits per heavy atom. The first-order chi connectivity index (χ1) is 11.5. The number of quaternary nitrogens is 1. The Labute approximate surface area is 148 Å². The Balaban J connectivity index is 2.26. The highest BCUT2D eigenvalue weighted by Crippen LogP contribution is 2.45. The Hall–Kier alpha value is -1.60. The van der Waals surface area contributed by atoms with Gasteiger partial charge in [-0.15, -0.1) is 11.8 Å². The van der Waals surface area contributed by atoms with Crippen LogP contribution >= 0.6 is 11.8 Å². The SMILES string of the molecule is COc1cc([C@H]2SCC(=O)N2CCC[NH+](C)C)cc(OC)c1OC. The Morgan fingerprint density at radius 2 is 1.79 bits per heavy atom. The monoisotopic (exact) mass is 355 g/mol. The average molecular weight is 355 g/mol. The molecule has 1 N–H and O–H groups in total. The van der Waals surface area contributed by atoms with Crippen molar-refractivity contribution < 1.29 is 23.9 Å². The third kappa shape index (κ3) is 4.08. The van der Waals surface area contributed by atoms with E-state index < -0.39 is 0 Å². The fraction of sp³-hybridized carbons (Fsp3) is 0.588. The highest BCUT2D eigenvalue weighted by molar-refractivity contribution is 8.00. The van der Waals surface area contributed by atoms with Crippen molar-refractivity contribution in [3.8, 4) is 17.2 Å². The van der Waals surface area contributed by atoms with E-state index in [9.17, 15) is 4.79 Å². The number of benzene rings is 1. The lowest BCUT2D eigenvalue weighted by Crippen LogP contribution is -3.05. The summed E-state index contributed by atoms with van der Waals surface area (Å²) in [6, 6.07) is 3.86. The van der Waals surface area contributed by atoms with Crippen LogP contribution in [-0.2, 0) is 4.79 Å². The minimum atomic E-state index is -0.0108. The van der Waals surface area contributed by atoms with E-state index in [2.05, 4.69) is 14.1 Å². The van der Waals surface area contributed by atoms with Gasteiger partial charge in [0.2, 0.25) is 11.7 Å². The smallest absolute Gasteiger partial charge is 0.233 e. The van der Waals surface area contributed by atoms with Crippen LogP contribution in [0.4, 0.5) is 0 Å². The van der Waals surface area contributed by atoms with E-state index in [0.717, 1.165) is 25.1 Å². The number of hydrogen-bond acceptors (Lipinski definition) is 5. The average Bonchev–Trinajstić information content (AvgIpc) is 2.94. The van der Waals surface area contributed by atoms with Gasteiger partial charge >= 0.3 is 0 Å². The van der Waals surface area contributed by atoms with Crippen LogP contribution in [0.3, 0.4) is 0 Å². The lowest BCUT2D eigenvalue weighted by molar-refractivity contribution is -0.858. The van der Waals surface area contributed by atoms with Gasteiger partial charge in [0.05, 0.1) is 47.7 Å². The number of carbonyl (C=O) groups excluding carboxylic acids is 1. The molecule has 1 heterocycles. The minimum absolute atomic E-state index is 0.0108. The van der Waals surface area contributed by atoms with Crippen LogP contribution in [0.15, 0.2) is 12.1 Å². The van der Waals surface area contributed by atoms with E-state index in [1.807, 2.05) is 17.0 Å². The maximum absolute atomic E-state index is 12.3. The molecule has 1 fully saturated rings. The summed E-state index contributed by atoms with van der Waals surface area (Å²) in [7, 11) is 9.04. The van der Waals surface area contributed by atoms with Crippen molar-refractivity contribution in [3.05, 3.63) is 17.7 Å². The van der Waals surface area contributed by atoms with Gasteiger partial charge in [0.1, 0.15) is 5.37 Å².